The highest BCUT2D eigenvalue weighted by Crippen LogP contribution is 2.33. The third-order valence-electron chi connectivity index (χ3n) is 3.65. The molecular weight excluding hydrogens is 264 g/mol. The molecule has 20 heavy (non-hydrogen) atoms. The smallest absolute Gasteiger partial charge is 0.315 e. The number of benzene rings is 1. The van der Waals surface area contributed by atoms with Crippen LogP contribution in [0.5, 0.6) is 0 Å². The van der Waals surface area contributed by atoms with Crippen LogP contribution in [-0.4, -0.2) is 17.6 Å². The maximum atomic E-state index is 13.4. The molecule has 0 heterocycles. The fraction of sp³-hybridized carbons (Fsp3) is 0.533. The number of hydrogen-bond acceptors (Lipinski definition) is 2. The first-order valence-corrected chi connectivity index (χ1v) is 6.75. The lowest BCUT2D eigenvalue weighted by molar-refractivity contribution is -0.144. The van der Waals surface area contributed by atoms with Gasteiger partial charge in [0.1, 0.15) is 17.0 Å². The molecule has 112 valence electrons. The molecule has 3 nitrogen and oxygen atoms in total. The minimum Gasteiger partial charge on any atom is -0.481 e. The van der Waals surface area contributed by atoms with Crippen LogP contribution in [0.15, 0.2) is 18.2 Å². The second-order valence-electron chi connectivity index (χ2n) is 5.35. The van der Waals surface area contributed by atoms with Crippen molar-refractivity contribution in [2.75, 3.05) is 6.54 Å². The van der Waals surface area contributed by atoms with Crippen LogP contribution in [0.25, 0.3) is 0 Å². The van der Waals surface area contributed by atoms with Gasteiger partial charge in [-0.2, -0.15) is 0 Å². The molecule has 0 aromatic heterocycles. The lowest BCUT2D eigenvalue weighted by Crippen LogP contribution is -2.44. The van der Waals surface area contributed by atoms with E-state index in [1.807, 2.05) is 13.8 Å². The highest BCUT2D eigenvalue weighted by atomic mass is 19.1. The molecule has 0 saturated heterocycles. The van der Waals surface area contributed by atoms with Gasteiger partial charge in [-0.25, -0.2) is 8.78 Å². The first kappa shape index (κ1) is 16.6. The molecule has 0 aliphatic rings. The molecule has 0 aliphatic carbocycles. The zero-order valence-electron chi connectivity index (χ0n) is 11.8. The maximum absolute atomic E-state index is 13.4. The molecule has 2 unspecified atom stereocenters. The van der Waals surface area contributed by atoms with Crippen LogP contribution in [0.1, 0.15) is 38.7 Å². The van der Waals surface area contributed by atoms with E-state index in [1.54, 1.807) is 0 Å². The number of nitrogens with two attached hydrogens (primary N) is 1. The van der Waals surface area contributed by atoms with Gasteiger partial charge >= 0.3 is 5.97 Å². The van der Waals surface area contributed by atoms with Crippen molar-refractivity contribution in [3.05, 3.63) is 35.4 Å². The van der Waals surface area contributed by atoms with Crippen LogP contribution in [0.3, 0.4) is 0 Å². The second-order valence-corrected chi connectivity index (χ2v) is 5.35. The third kappa shape index (κ3) is 3.54. The second kappa shape index (κ2) is 6.79. The van der Waals surface area contributed by atoms with E-state index in [2.05, 4.69) is 0 Å². The fourth-order valence-corrected chi connectivity index (χ4v) is 2.64. The molecule has 0 spiro atoms. The fourth-order valence-electron chi connectivity index (χ4n) is 2.64. The summed E-state index contributed by atoms with van der Waals surface area (Å²) in [5, 5.41) is 9.55. The third-order valence-corrected chi connectivity index (χ3v) is 3.65. The predicted molar refractivity (Wildman–Crippen MR) is 73.4 cm³/mol. The van der Waals surface area contributed by atoms with Crippen LogP contribution >= 0.6 is 0 Å². The number of carbonyl (C=O) groups is 1. The molecule has 2 atom stereocenters. The lowest BCUT2D eigenvalue weighted by Gasteiger charge is -2.31. The Bertz CT molecular complexity index is 459. The Labute approximate surface area is 117 Å². The summed E-state index contributed by atoms with van der Waals surface area (Å²) in [4.78, 5) is 11.7. The van der Waals surface area contributed by atoms with Gasteiger partial charge in [0, 0.05) is 12.6 Å². The molecule has 0 saturated carbocycles. The van der Waals surface area contributed by atoms with Crippen LogP contribution < -0.4 is 5.73 Å². The van der Waals surface area contributed by atoms with E-state index < -0.39 is 23.0 Å². The molecule has 1 rings (SSSR count). The Hall–Kier alpha value is -1.49. The van der Waals surface area contributed by atoms with Crippen molar-refractivity contribution in [3.8, 4) is 0 Å². The molecule has 0 amide bonds. The van der Waals surface area contributed by atoms with Gasteiger partial charge in [0.05, 0.1) is 0 Å². The molecule has 0 fully saturated rings. The van der Waals surface area contributed by atoms with Crippen molar-refractivity contribution in [1.29, 1.82) is 0 Å². The van der Waals surface area contributed by atoms with E-state index in [1.165, 1.54) is 0 Å². The maximum Gasteiger partial charge on any atom is 0.315 e. The largest absolute Gasteiger partial charge is 0.481 e. The van der Waals surface area contributed by atoms with Gasteiger partial charge in [-0.1, -0.05) is 26.7 Å². The van der Waals surface area contributed by atoms with Crippen LogP contribution in [0, 0.1) is 17.6 Å². The summed E-state index contributed by atoms with van der Waals surface area (Å²) in [6.07, 6.45) is 2.02. The Balaban J connectivity index is 3.26. The van der Waals surface area contributed by atoms with Crippen molar-refractivity contribution in [3.63, 3.8) is 0 Å². The Morgan fingerprint density at radius 1 is 1.35 bits per heavy atom. The molecule has 1 aromatic carbocycles. The highest BCUT2D eigenvalue weighted by molar-refractivity contribution is 5.81. The van der Waals surface area contributed by atoms with Crippen molar-refractivity contribution in [2.24, 2.45) is 11.7 Å². The number of halogens is 2. The summed E-state index contributed by atoms with van der Waals surface area (Å²) < 4.78 is 26.7. The summed E-state index contributed by atoms with van der Waals surface area (Å²) in [5.74, 6) is -2.62. The highest BCUT2D eigenvalue weighted by Gasteiger charge is 2.40. The zero-order valence-corrected chi connectivity index (χ0v) is 11.8. The SMILES string of the molecule is CCCC(C)CC(CN)(C(=O)O)c1cc(F)cc(F)c1. The van der Waals surface area contributed by atoms with Gasteiger partial charge < -0.3 is 10.8 Å². The number of rotatable bonds is 7. The normalized spacial score (nSPS) is 15.7. The molecule has 0 radical (unpaired) electrons. The molecule has 1 aromatic rings. The van der Waals surface area contributed by atoms with Gasteiger partial charge in [-0.3, -0.25) is 4.79 Å². The Morgan fingerprint density at radius 2 is 1.90 bits per heavy atom. The van der Waals surface area contributed by atoms with Gasteiger partial charge in [0.15, 0.2) is 0 Å². The van der Waals surface area contributed by atoms with Crippen molar-refractivity contribution < 1.29 is 18.7 Å². The topological polar surface area (TPSA) is 63.3 Å². The Kier molecular flexibility index (Phi) is 5.62. The monoisotopic (exact) mass is 285 g/mol. The zero-order chi connectivity index (χ0) is 15.3. The summed E-state index contributed by atoms with van der Waals surface area (Å²) in [7, 11) is 0. The summed E-state index contributed by atoms with van der Waals surface area (Å²) in [6, 6.07) is 2.84. The van der Waals surface area contributed by atoms with Crippen molar-refractivity contribution in [1.82, 2.24) is 0 Å². The van der Waals surface area contributed by atoms with Gasteiger partial charge in [0.25, 0.3) is 0 Å². The van der Waals surface area contributed by atoms with Gasteiger partial charge in [-0.15, -0.1) is 0 Å². The molecule has 3 N–H and O–H groups in total. The quantitative estimate of drug-likeness (QED) is 0.809. The minimum absolute atomic E-state index is 0.0907. The lowest BCUT2D eigenvalue weighted by atomic mass is 9.73. The molecule has 0 bridgehead atoms. The minimum atomic E-state index is -1.45. The average Bonchev–Trinajstić information content (AvgIpc) is 2.34. The molecule has 0 aliphatic heterocycles. The predicted octanol–water partition coefficient (Wildman–Crippen LogP) is 3.07. The van der Waals surface area contributed by atoms with Crippen LogP contribution in [-0.2, 0) is 10.2 Å². The number of carboxylic acid groups (broad SMARTS) is 1. The molecular formula is C15H21F2NO2. The first-order chi connectivity index (χ1) is 9.35. The summed E-state index contributed by atoms with van der Waals surface area (Å²) in [5.41, 5.74) is 4.30. The summed E-state index contributed by atoms with van der Waals surface area (Å²) in [6.45, 7) is 3.73. The van der Waals surface area contributed by atoms with Gasteiger partial charge in [0.2, 0.25) is 0 Å². The first-order valence-electron chi connectivity index (χ1n) is 6.75. The summed E-state index contributed by atoms with van der Waals surface area (Å²) >= 11 is 0. The Morgan fingerprint density at radius 3 is 2.30 bits per heavy atom. The van der Waals surface area contributed by atoms with E-state index in [9.17, 15) is 18.7 Å². The van der Waals surface area contributed by atoms with E-state index >= 15 is 0 Å². The van der Waals surface area contributed by atoms with E-state index in [-0.39, 0.29) is 24.4 Å². The number of aliphatic carboxylic acids is 1. The standard InChI is InChI=1S/C15H21F2NO2/c1-3-4-10(2)8-15(9-18,14(19)20)11-5-12(16)7-13(17)6-11/h5-7,10H,3-4,8-9,18H2,1-2H3,(H,19,20). The number of hydrogen-bond donors (Lipinski definition) is 2. The molecule has 5 heteroatoms. The van der Waals surface area contributed by atoms with E-state index in [4.69, 9.17) is 5.73 Å². The van der Waals surface area contributed by atoms with Crippen molar-refractivity contribution >= 4 is 5.97 Å². The van der Waals surface area contributed by atoms with Crippen molar-refractivity contribution in [2.45, 2.75) is 38.5 Å². The van der Waals surface area contributed by atoms with E-state index in [0.29, 0.717) is 0 Å². The van der Waals surface area contributed by atoms with Gasteiger partial charge in [-0.05, 0) is 30.0 Å². The van der Waals surface area contributed by atoms with Crippen LogP contribution in [0.4, 0.5) is 8.78 Å². The number of carboxylic acids is 1. The van der Waals surface area contributed by atoms with Crippen LogP contribution in [0.2, 0.25) is 0 Å². The van der Waals surface area contributed by atoms with E-state index in [0.717, 1.165) is 31.0 Å². The average molecular weight is 285 g/mol.